The van der Waals surface area contributed by atoms with Crippen molar-refractivity contribution in [3.63, 3.8) is 0 Å². The average Bonchev–Trinajstić information content (AvgIpc) is 2.73. The Morgan fingerprint density at radius 3 is 2.42 bits per heavy atom. The second-order valence-corrected chi connectivity index (χ2v) is 7.41. The predicted octanol–water partition coefficient (Wildman–Crippen LogP) is 0.500. The molecular formula is C11H12INO5S. The van der Waals surface area contributed by atoms with Crippen molar-refractivity contribution in [2.75, 3.05) is 6.54 Å². The van der Waals surface area contributed by atoms with Crippen LogP contribution in [0, 0.1) is 3.57 Å². The number of hydrogen-bond donors (Lipinski definition) is 2. The van der Waals surface area contributed by atoms with E-state index in [1.165, 1.54) is 12.1 Å². The third-order valence-corrected chi connectivity index (χ3v) is 5.55. The smallest absolute Gasteiger partial charge is 0.322 e. The van der Waals surface area contributed by atoms with Crippen LogP contribution in [0.4, 0.5) is 0 Å². The molecule has 1 aliphatic heterocycles. The van der Waals surface area contributed by atoms with E-state index in [4.69, 9.17) is 5.11 Å². The van der Waals surface area contributed by atoms with E-state index in [-0.39, 0.29) is 17.9 Å². The number of halogens is 1. The van der Waals surface area contributed by atoms with Crippen LogP contribution in [0.1, 0.15) is 6.42 Å². The fraction of sp³-hybridized carbons (Fsp3) is 0.364. The topological polar surface area (TPSA) is 94.9 Å². The van der Waals surface area contributed by atoms with Crippen molar-refractivity contribution < 1.29 is 23.4 Å². The van der Waals surface area contributed by atoms with Crippen LogP contribution in [0.2, 0.25) is 0 Å². The lowest BCUT2D eigenvalue weighted by Crippen LogP contribution is -2.40. The van der Waals surface area contributed by atoms with Crippen LogP contribution in [0.15, 0.2) is 29.2 Å². The fourth-order valence-electron chi connectivity index (χ4n) is 2.02. The number of carbonyl (C=O) groups is 1. The maximum atomic E-state index is 12.4. The summed E-state index contributed by atoms with van der Waals surface area (Å²) in [5.41, 5.74) is 0. The number of carboxylic acids is 1. The van der Waals surface area contributed by atoms with Gasteiger partial charge in [-0.25, -0.2) is 8.42 Å². The van der Waals surface area contributed by atoms with Crippen molar-refractivity contribution in [2.24, 2.45) is 0 Å². The molecule has 2 N–H and O–H groups in total. The van der Waals surface area contributed by atoms with E-state index in [9.17, 15) is 18.3 Å². The van der Waals surface area contributed by atoms with Crippen LogP contribution in [0.3, 0.4) is 0 Å². The molecule has 0 aromatic heterocycles. The molecule has 2 rings (SSSR count). The van der Waals surface area contributed by atoms with E-state index in [0.29, 0.717) is 0 Å². The lowest BCUT2D eigenvalue weighted by atomic mass is 10.2. The van der Waals surface area contributed by atoms with Crippen LogP contribution in [0.5, 0.6) is 0 Å². The number of rotatable bonds is 3. The minimum atomic E-state index is -3.89. The van der Waals surface area contributed by atoms with Crippen molar-refractivity contribution >= 4 is 38.6 Å². The third-order valence-electron chi connectivity index (χ3n) is 2.94. The van der Waals surface area contributed by atoms with E-state index in [2.05, 4.69) is 0 Å². The van der Waals surface area contributed by atoms with Gasteiger partial charge >= 0.3 is 5.97 Å². The number of benzene rings is 1. The van der Waals surface area contributed by atoms with E-state index in [0.717, 1.165) is 7.88 Å². The zero-order valence-corrected chi connectivity index (χ0v) is 12.7. The van der Waals surface area contributed by atoms with Gasteiger partial charge in [-0.1, -0.05) is 0 Å². The summed E-state index contributed by atoms with van der Waals surface area (Å²) in [6.07, 6.45) is -1.03. The van der Waals surface area contributed by atoms with Gasteiger partial charge in [0.25, 0.3) is 0 Å². The highest BCUT2D eigenvalue weighted by Crippen LogP contribution is 2.26. The highest BCUT2D eigenvalue weighted by atomic mass is 127. The van der Waals surface area contributed by atoms with Crippen molar-refractivity contribution in [3.8, 4) is 0 Å². The normalized spacial score (nSPS) is 24.5. The van der Waals surface area contributed by atoms with Gasteiger partial charge in [-0.15, -0.1) is 0 Å². The Bertz CT molecular complexity index is 586. The second-order valence-electron chi connectivity index (χ2n) is 4.27. The lowest BCUT2D eigenvalue weighted by Gasteiger charge is -2.20. The van der Waals surface area contributed by atoms with E-state index < -0.39 is 28.1 Å². The molecule has 8 heteroatoms. The highest BCUT2D eigenvalue weighted by Gasteiger charge is 2.43. The van der Waals surface area contributed by atoms with Gasteiger partial charge in [0, 0.05) is 16.5 Å². The number of sulfonamides is 1. The Hall–Kier alpha value is -0.710. The van der Waals surface area contributed by atoms with Crippen molar-refractivity contribution in [1.29, 1.82) is 0 Å². The summed E-state index contributed by atoms with van der Waals surface area (Å²) in [5, 5.41) is 18.5. The maximum Gasteiger partial charge on any atom is 0.322 e. The standard InChI is InChI=1S/C11H12INO5S/c12-7-1-3-9(4-2-7)19(17,18)13-6-8(14)5-10(13)11(15)16/h1-4,8,10,14H,5-6H2,(H,15,16)/t8-,10-/m1/s1. The molecule has 1 aromatic carbocycles. The zero-order chi connectivity index (χ0) is 14.2. The van der Waals surface area contributed by atoms with Gasteiger partial charge < -0.3 is 10.2 Å². The van der Waals surface area contributed by atoms with E-state index in [1.54, 1.807) is 12.1 Å². The molecule has 0 aliphatic carbocycles. The van der Waals surface area contributed by atoms with Gasteiger partial charge in [0.05, 0.1) is 11.0 Å². The van der Waals surface area contributed by atoms with E-state index in [1.807, 2.05) is 22.6 Å². The van der Waals surface area contributed by atoms with Crippen LogP contribution in [0.25, 0.3) is 0 Å². The first-order chi connectivity index (χ1) is 8.82. The average molecular weight is 397 g/mol. The molecule has 19 heavy (non-hydrogen) atoms. The molecule has 1 saturated heterocycles. The number of carboxylic acid groups (broad SMARTS) is 1. The molecule has 2 atom stereocenters. The van der Waals surface area contributed by atoms with Gasteiger partial charge in [-0.3, -0.25) is 4.79 Å². The lowest BCUT2D eigenvalue weighted by molar-refractivity contribution is -0.140. The quantitative estimate of drug-likeness (QED) is 0.725. The molecular weight excluding hydrogens is 385 g/mol. The van der Waals surface area contributed by atoms with E-state index >= 15 is 0 Å². The molecule has 1 aromatic rings. The number of β-amino-alcohol motifs (C(OH)–C–C–N with tert-alkyl or cyclic N) is 1. The molecule has 1 aliphatic rings. The predicted molar refractivity (Wildman–Crippen MR) is 75.1 cm³/mol. The summed E-state index contributed by atoms with van der Waals surface area (Å²) in [5.74, 6) is -1.24. The molecule has 0 unspecified atom stereocenters. The first-order valence-corrected chi connectivity index (χ1v) is 8.02. The summed E-state index contributed by atoms with van der Waals surface area (Å²) in [6.45, 7) is -0.189. The van der Waals surface area contributed by atoms with Gasteiger partial charge in [0.15, 0.2) is 0 Å². The zero-order valence-electron chi connectivity index (χ0n) is 9.73. The molecule has 0 bridgehead atoms. The number of aliphatic carboxylic acids is 1. The molecule has 0 spiro atoms. The summed E-state index contributed by atoms with van der Waals surface area (Å²) in [4.78, 5) is 11.1. The minimum Gasteiger partial charge on any atom is -0.480 e. The summed E-state index contributed by atoms with van der Waals surface area (Å²) in [6, 6.07) is 4.92. The molecule has 0 radical (unpaired) electrons. The van der Waals surface area contributed by atoms with Crippen molar-refractivity contribution in [3.05, 3.63) is 27.8 Å². The second kappa shape index (κ2) is 5.35. The van der Waals surface area contributed by atoms with Crippen LogP contribution < -0.4 is 0 Å². The Kier molecular flexibility index (Phi) is 4.14. The Labute approximate surface area is 124 Å². The molecule has 1 fully saturated rings. The molecule has 104 valence electrons. The van der Waals surface area contributed by atoms with Crippen molar-refractivity contribution in [1.82, 2.24) is 4.31 Å². The minimum absolute atomic E-state index is 0.0354. The van der Waals surface area contributed by atoms with Gasteiger partial charge in [0.2, 0.25) is 10.0 Å². The van der Waals surface area contributed by atoms with Gasteiger partial charge in [-0.05, 0) is 46.9 Å². The Balaban J connectivity index is 2.38. The highest BCUT2D eigenvalue weighted by molar-refractivity contribution is 14.1. The summed E-state index contributed by atoms with van der Waals surface area (Å²) < 4.78 is 26.4. The van der Waals surface area contributed by atoms with Gasteiger partial charge in [0.1, 0.15) is 6.04 Å². The number of hydrogen-bond acceptors (Lipinski definition) is 4. The molecule has 0 saturated carbocycles. The largest absolute Gasteiger partial charge is 0.480 e. The molecule has 6 nitrogen and oxygen atoms in total. The maximum absolute atomic E-state index is 12.4. The Morgan fingerprint density at radius 2 is 1.89 bits per heavy atom. The first-order valence-electron chi connectivity index (χ1n) is 5.50. The first kappa shape index (κ1) is 14.7. The molecule has 0 amide bonds. The fourth-order valence-corrected chi connectivity index (χ4v) is 4.01. The van der Waals surface area contributed by atoms with Crippen LogP contribution >= 0.6 is 22.6 Å². The third kappa shape index (κ3) is 2.91. The number of aliphatic hydroxyl groups excluding tert-OH is 1. The SMILES string of the molecule is O=C(O)[C@H]1C[C@@H](O)CN1S(=O)(=O)c1ccc(I)cc1. The molecule has 1 heterocycles. The monoisotopic (exact) mass is 397 g/mol. The van der Waals surface area contributed by atoms with Crippen molar-refractivity contribution in [2.45, 2.75) is 23.5 Å². The Morgan fingerprint density at radius 1 is 1.32 bits per heavy atom. The number of aliphatic hydroxyl groups is 1. The summed E-state index contributed by atoms with van der Waals surface area (Å²) in [7, 11) is -3.89. The number of nitrogens with zero attached hydrogens (tertiary/aromatic N) is 1. The summed E-state index contributed by atoms with van der Waals surface area (Å²) >= 11 is 2.05. The van der Waals surface area contributed by atoms with Crippen LogP contribution in [-0.2, 0) is 14.8 Å². The van der Waals surface area contributed by atoms with Gasteiger partial charge in [-0.2, -0.15) is 4.31 Å². The van der Waals surface area contributed by atoms with Crippen LogP contribution in [-0.4, -0.2) is 47.6 Å².